The molecule has 2 aromatic carbocycles. The van der Waals surface area contributed by atoms with Gasteiger partial charge in [-0.25, -0.2) is 4.79 Å². The van der Waals surface area contributed by atoms with Gasteiger partial charge >= 0.3 is 12.1 Å². The summed E-state index contributed by atoms with van der Waals surface area (Å²) in [6.07, 6.45) is -2.34. The topological polar surface area (TPSA) is 31.2 Å². The fourth-order valence-electron chi connectivity index (χ4n) is 3.59. The average molecular weight is 387 g/mol. The maximum absolute atomic E-state index is 13.4. The summed E-state index contributed by atoms with van der Waals surface area (Å²) in [4.78, 5) is 12.8. The average Bonchev–Trinajstić information content (AvgIpc) is 3.42. The Kier molecular flexibility index (Phi) is 4.65. The Labute approximate surface area is 160 Å². The smallest absolute Gasteiger partial charge is 0.416 e. The monoisotopic (exact) mass is 387 g/mol. The van der Waals surface area contributed by atoms with E-state index >= 15 is 0 Å². The minimum Gasteiger partial charge on any atom is -0.461 e. The van der Waals surface area contributed by atoms with Crippen molar-refractivity contribution in [2.75, 3.05) is 6.61 Å². The van der Waals surface area contributed by atoms with Crippen molar-refractivity contribution in [3.05, 3.63) is 59.8 Å². The normalized spacial score (nSPS) is 14.4. The van der Waals surface area contributed by atoms with E-state index in [1.54, 1.807) is 19.1 Å². The number of hydrogen-bond donors (Lipinski definition) is 0. The zero-order chi connectivity index (χ0) is 19.9. The first-order chi connectivity index (χ1) is 13.4. The Morgan fingerprint density at radius 2 is 1.86 bits per heavy atom. The van der Waals surface area contributed by atoms with E-state index in [-0.39, 0.29) is 6.61 Å². The summed E-state index contributed by atoms with van der Waals surface area (Å²) in [7, 11) is 0. The third-order valence-electron chi connectivity index (χ3n) is 5.06. The highest BCUT2D eigenvalue weighted by atomic mass is 19.4. The number of fused-ring (bicyclic) bond motifs is 1. The molecule has 1 saturated carbocycles. The second-order valence-electron chi connectivity index (χ2n) is 7.09. The number of hydrogen-bond acceptors (Lipinski definition) is 2. The molecule has 146 valence electrons. The quantitative estimate of drug-likeness (QED) is 0.509. The molecule has 0 radical (unpaired) electrons. The fraction of sp³-hybridized carbons (Fsp3) is 0.318. The van der Waals surface area contributed by atoms with E-state index in [1.165, 1.54) is 6.07 Å². The van der Waals surface area contributed by atoms with E-state index in [9.17, 15) is 18.0 Å². The van der Waals surface area contributed by atoms with Gasteiger partial charge in [0.2, 0.25) is 0 Å². The molecule has 0 saturated heterocycles. The number of ether oxygens (including phenoxy) is 1. The van der Waals surface area contributed by atoms with Crippen LogP contribution in [-0.2, 0) is 17.5 Å². The van der Waals surface area contributed by atoms with Crippen LogP contribution < -0.4 is 0 Å². The van der Waals surface area contributed by atoms with Gasteiger partial charge in [0.15, 0.2) is 0 Å². The van der Waals surface area contributed by atoms with Crippen molar-refractivity contribution in [2.45, 2.75) is 32.5 Å². The van der Waals surface area contributed by atoms with E-state index in [0.717, 1.165) is 25.0 Å². The van der Waals surface area contributed by atoms with Crippen LogP contribution in [-0.4, -0.2) is 17.1 Å². The van der Waals surface area contributed by atoms with E-state index in [0.29, 0.717) is 40.2 Å². The van der Waals surface area contributed by atoms with Gasteiger partial charge in [-0.2, -0.15) is 13.2 Å². The van der Waals surface area contributed by atoms with Crippen molar-refractivity contribution in [3.63, 3.8) is 0 Å². The minimum atomic E-state index is -4.45. The zero-order valence-corrected chi connectivity index (χ0v) is 15.4. The lowest BCUT2D eigenvalue weighted by Crippen LogP contribution is -2.14. The Morgan fingerprint density at radius 1 is 1.14 bits per heavy atom. The fourth-order valence-corrected chi connectivity index (χ4v) is 3.59. The Balaban J connectivity index is 2.04. The van der Waals surface area contributed by atoms with Crippen molar-refractivity contribution >= 4 is 16.9 Å². The van der Waals surface area contributed by atoms with Gasteiger partial charge in [-0.3, -0.25) is 0 Å². The van der Waals surface area contributed by atoms with Gasteiger partial charge in [0.25, 0.3) is 0 Å². The number of rotatable bonds is 5. The molecule has 0 N–H and O–H groups in total. The summed E-state index contributed by atoms with van der Waals surface area (Å²) in [5.41, 5.74) is 1.43. The van der Waals surface area contributed by atoms with E-state index in [4.69, 9.17) is 4.74 Å². The number of aromatic nitrogens is 1. The van der Waals surface area contributed by atoms with Crippen LogP contribution in [0.15, 0.2) is 48.5 Å². The maximum atomic E-state index is 13.4. The van der Waals surface area contributed by atoms with Crippen LogP contribution in [0.2, 0.25) is 0 Å². The second kappa shape index (κ2) is 7.00. The lowest BCUT2D eigenvalue weighted by atomic mass is 10.0. The van der Waals surface area contributed by atoms with E-state index in [1.807, 2.05) is 22.8 Å². The number of benzene rings is 2. The summed E-state index contributed by atoms with van der Waals surface area (Å²) >= 11 is 0. The predicted molar refractivity (Wildman–Crippen MR) is 101 cm³/mol. The van der Waals surface area contributed by atoms with Crippen molar-refractivity contribution in [1.82, 2.24) is 4.57 Å². The van der Waals surface area contributed by atoms with Crippen molar-refractivity contribution in [1.29, 1.82) is 0 Å². The Morgan fingerprint density at radius 3 is 2.46 bits per heavy atom. The number of halogens is 3. The number of carbonyl (C=O) groups is 1. The second-order valence-corrected chi connectivity index (χ2v) is 7.09. The van der Waals surface area contributed by atoms with Crippen LogP contribution in [0.25, 0.3) is 22.0 Å². The lowest BCUT2D eigenvalue weighted by Gasteiger charge is -2.11. The van der Waals surface area contributed by atoms with Gasteiger partial charge in [-0.1, -0.05) is 30.3 Å². The molecular formula is C22H20F3NO2. The van der Waals surface area contributed by atoms with E-state index < -0.39 is 17.7 Å². The molecular weight excluding hydrogens is 367 g/mol. The molecule has 0 atom stereocenters. The predicted octanol–water partition coefficient (Wildman–Crippen LogP) is 5.91. The highest BCUT2D eigenvalue weighted by Gasteiger charge is 2.34. The summed E-state index contributed by atoms with van der Waals surface area (Å²) in [5, 5.41) is 0.421. The molecule has 1 aliphatic rings. The Hall–Kier alpha value is -2.76. The molecule has 1 fully saturated rings. The molecule has 0 aliphatic heterocycles. The third-order valence-corrected chi connectivity index (χ3v) is 5.06. The first-order valence-electron chi connectivity index (χ1n) is 9.36. The van der Waals surface area contributed by atoms with Gasteiger partial charge in [0.05, 0.1) is 12.2 Å². The highest BCUT2D eigenvalue weighted by Crippen LogP contribution is 2.41. The SMILES string of the molecule is CCOC(=O)c1c(-c2ccccc2)c2cc(C(F)(F)F)ccc2n1CC1CC1. The maximum Gasteiger partial charge on any atom is 0.416 e. The molecule has 0 bridgehead atoms. The molecule has 0 amide bonds. The molecule has 1 aromatic heterocycles. The third kappa shape index (κ3) is 3.39. The van der Waals surface area contributed by atoms with Gasteiger partial charge < -0.3 is 9.30 Å². The van der Waals surface area contributed by atoms with Gasteiger partial charge in [0.1, 0.15) is 5.69 Å². The highest BCUT2D eigenvalue weighted by molar-refractivity contribution is 6.09. The van der Waals surface area contributed by atoms with Gasteiger partial charge in [-0.05, 0) is 49.4 Å². The van der Waals surface area contributed by atoms with Crippen LogP contribution in [0.1, 0.15) is 35.8 Å². The standard InChI is InChI=1S/C22H20F3NO2/c1-2-28-21(27)20-19(15-6-4-3-5-7-15)17-12-16(22(23,24)25)10-11-18(17)26(20)13-14-8-9-14/h3-7,10-12,14H,2,8-9,13H2,1H3. The van der Waals surface area contributed by atoms with Crippen LogP contribution in [0.4, 0.5) is 13.2 Å². The molecule has 0 unspecified atom stereocenters. The van der Waals surface area contributed by atoms with Crippen LogP contribution in [0, 0.1) is 5.92 Å². The number of alkyl halides is 3. The molecule has 28 heavy (non-hydrogen) atoms. The molecule has 4 rings (SSSR count). The van der Waals surface area contributed by atoms with E-state index in [2.05, 4.69) is 0 Å². The van der Waals surface area contributed by atoms with Crippen molar-refractivity contribution in [3.8, 4) is 11.1 Å². The largest absolute Gasteiger partial charge is 0.461 e. The first kappa shape index (κ1) is 18.6. The molecule has 0 spiro atoms. The zero-order valence-electron chi connectivity index (χ0n) is 15.4. The summed E-state index contributed by atoms with van der Waals surface area (Å²) < 4.78 is 47.2. The molecule has 6 heteroatoms. The minimum absolute atomic E-state index is 0.200. The first-order valence-corrected chi connectivity index (χ1v) is 9.36. The van der Waals surface area contributed by atoms with Crippen LogP contribution in [0.3, 0.4) is 0 Å². The van der Waals surface area contributed by atoms with Gasteiger partial charge in [0, 0.05) is 23.0 Å². The van der Waals surface area contributed by atoms with Crippen molar-refractivity contribution < 1.29 is 22.7 Å². The molecule has 3 aromatic rings. The van der Waals surface area contributed by atoms with Gasteiger partial charge in [-0.15, -0.1) is 0 Å². The Bertz CT molecular complexity index is 1020. The van der Waals surface area contributed by atoms with Crippen LogP contribution >= 0.6 is 0 Å². The molecule has 1 aliphatic carbocycles. The molecule has 1 heterocycles. The number of esters is 1. The summed E-state index contributed by atoms with van der Waals surface area (Å²) in [6, 6.07) is 12.7. The molecule has 3 nitrogen and oxygen atoms in total. The van der Waals surface area contributed by atoms with Crippen molar-refractivity contribution in [2.24, 2.45) is 5.92 Å². The number of nitrogens with zero attached hydrogens (tertiary/aromatic N) is 1. The summed E-state index contributed by atoms with van der Waals surface area (Å²) in [5.74, 6) is -0.0681. The number of carbonyl (C=O) groups excluding carboxylic acids is 1. The lowest BCUT2D eigenvalue weighted by molar-refractivity contribution is -0.137. The van der Waals surface area contributed by atoms with Crippen LogP contribution in [0.5, 0.6) is 0 Å². The summed E-state index contributed by atoms with van der Waals surface area (Å²) in [6.45, 7) is 2.52.